The molecule has 1 fully saturated rings. The number of amides is 1. The third kappa shape index (κ3) is 3.75. The normalized spacial score (nSPS) is 17.3. The largest absolute Gasteiger partial charge is 0.497 e. The van der Waals surface area contributed by atoms with Gasteiger partial charge in [-0.15, -0.1) is 0 Å². The lowest BCUT2D eigenvalue weighted by atomic mass is 9.81. The Morgan fingerprint density at radius 2 is 1.86 bits per heavy atom. The van der Waals surface area contributed by atoms with Gasteiger partial charge >= 0.3 is 0 Å². The van der Waals surface area contributed by atoms with Gasteiger partial charge < -0.3 is 10.1 Å². The van der Waals surface area contributed by atoms with Crippen LogP contribution in [0.3, 0.4) is 0 Å². The van der Waals surface area contributed by atoms with Crippen LogP contribution in [0.5, 0.6) is 5.75 Å². The first kappa shape index (κ1) is 15.4. The Morgan fingerprint density at radius 3 is 2.38 bits per heavy atom. The van der Waals surface area contributed by atoms with Crippen molar-refractivity contribution >= 4 is 5.91 Å². The molecule has 0 radical (unpaired) electrons. The average Bonchev–Trinajstić information content (AvgIpc) is 2.79. The van der Waals surface area contributed by atoms with Crippen molar-refractivity contribution in [2.45, 2.75) is 45.1 Å². The van der Waals surface area contributed by atoms with Crippen LogP contribution in [0.4, 0.5) is 0 Å². The van der Waals surface area contributed by atoms with Gasteiger partial charge in [-0.2, -0.15) is 5.26 Å². The Hall–Kier alpha value is -2.02. The highest BCUT2D eigenvalue weighted by atomic mass is 16.5. The van der Waals surface area contributed by atoms with Gasteiger partial charge in [0, 0.05) is 6.54 Å². The first-order chi connectivity index (χ1) is 10.2. The van der Waals surface area contributed by atoms with Crippen molar-refractivity contribution in [3.63, 3.8) is 0 Å². The molecule has 0 aliphatic heterocycles. The van der Waals surface area contributed by atoms with Gasteiger partial charge in [-0.05, 0) is 30.5 Å². The molecule has 0 heterocycles. The van der Waals surface area contributed by atoms with Crippen molar-refractivity contribution in [3.05, 3.63) is 29.8 Å². The summed E-state index contributed by atoms with van der Waals surface area (Å²) in [6.07, 6.45) is 5.52. The number of ether oxygens (including phenoxy) is 1. The number of methoxy groups -OCH3 is 1. The fourth-order valence-electron chi connectivity index (χ4n) is 2.82. The van der Waals surface area contributed by atoms with Crippen molar-refractivity contribution < 1.29 is 9.53 Å². The van der Waals surface area contributed by atoms with Crippen LogP contribution in [0, 0.1) is 16.7 Å². The summed E-state index contributed by atoms with van der Waals surface area (Å²) < 4.78 is 5.11. The highest BCUT2D eigenvalue weighted by Crippen LogP contribution is 2.34. The predicted octanol–water partition coefficient (Wildman–Crippen LogP) is 3.18. The van der Waals surface area contributed by atoms with Crippen LogP contribution < -0.4 is 10.1 Å². The maximum Gasteiger partial charge on any atom is 0.240 e. The highest BCUT2D eigenvalue weighted by molar-refractivity contribution is 5.85. The standard InChI is InChI=1S/C17H22N2O2/c1-21-15-8-6-14(7-9-15)12-19-16(20)17(13-18)10-4-2-3-5-11-17/h6-9H,2-5,10-12H2,1H3,(H,19,20). The highest BCUT2D eigenvalue weighted by Gasteiger charge is 2.38. The smallest absolute Gasteiger partial charge is 0.240 e. The maximum atomic E-state index is 12.4. The number of nitrogens with zero attached hydrogens (tertiary/aromatic N) is 1. The Morgan fingerprint density at radius 1 is 1.24 bits per heavy atom. The van der Waals surface area contributed by atoms with E-state index in [1.807, 2.05) is 24.3 Å². The Bertz CT molecular complexity index is 509. The lowest BCUT2D eigenvalue weighted by Gasteiger charge is -2.23. The van der Waals surface area contributed by atoms with Gasteiger partial charge in [0.1, 0.15) is 11.2 Å². The second-order valence-corrected chi connectivity index (χ2v) is 5.64. The minimum atomic E-state index is -0.830. The molecule has 1 amide bonds. The lowest BCUT2D eigenvalue weighted by Crippen LogP contribution is -2.39. The summed E-state index contributed by atoms with van der Waals surface area (Å²) in [5.74, 6) is 0.671. The number of carbonyl (C=O) groups excluding carboxylic acids is 1. The van der Waals surface area contributed by atoms with Gasteiger partial charge in [0.25, 0.3) is 0 Å². The van der Waals surface area contributed by atoms with E-state index in [2.05, 4.69) is 11.4 Å². The zero-order valence-electron chi connectivity index (χ0n) is 12.5. The number of nitriles is 1. The van der Waals surface area contributed by atoms with Crippen LogP contribution in [-0.4, -0.2) is 13.0 Å². The summed E-state index contributed by atoms with van der Waals surface area (Å²) >= 11 is 0. The molecule has 2 rings (SSSR count). The minimum Gasteiger partial charge on any atom is -0.497 e. The molecule has 1 N–H and O–H groups in total. The van der Waals surface area contributed by atoms with E-state index in [1.165, 1.54) is 0 Å². The molecule has 0 atom stereocenters. The second-order valence-electron chi connectivity index (χ2n) is 5.64. The number of nitrogens with one attached hydrogen (secondary N) is 1. The second kappa shape index (κ2) is 7.12. The molecule has 21 heavy (non-hydrogen) atoms. The van der Waals surface area contributed by atoms with Gasteiger partial charge in [0.2, 0.25) is 5.91 Å². The molecule has 4 heteroatoms. The molecule has 0 unspecified atom stereocenters. The number of hydrogen-bond donors (Lipinski definition) is 1. The molecule has 1 aliphatic carbocycles. The van der Waals surface area contributed by atoms with Gasteiger partial charge in [-0.3, -0.25) is 4.79 Å². The SMILES string of the molecule is COc1ccc(CNC(=O)C2(C#N)CCCCCC2)cc1. The Balaban J connectivity index is 1.97. The first-order valence-electron chi connectivity index (χ1n) is 7.53. The minimum absolute atomic E-state index is 0.122. The third-order valence-corrected chi connectivity index (χ3v) is 4.22. The summed E-state index contributed by atoms with van der Waals surface area (Å²) in [7, 11) is 1.62. The van der Waals surface area contributed by atoms with Crippen molar-refractivity contribution in [1.82, 2.24) is 5.32 Å². The molecule has 0 saturated heterocycles. The van der Waals surface area contributed by atoms with Crippen LogP contribution in [0.15, 0.2) is 24.3 Å². The van der Waals surface area contributed by atoms with Crippen LogP contribution in [0.2, 0.25) is 0 Å². The van der Waals surface area contributed by atoms with Gasteiger partial charge in [0.15, 0.2) is 0 Å². The van der Waals surface area contributed by atoms with Crippen LogP contribution in [0.25, 0.3) is 0 Å². The fourth-order valence-corrected chi connectivity index (χ4v) is 2.82. The first-order valence-corrected chi connectivity index (χ1v) is 7.53. The monoisotopic (exact) mass is 286 g/mol. The van der Waals surface area contributed by atoms with E-state index in [0.717, 1.165) is 37.0 Å². The molecule has 1 aliphatic rings. The molecular weight excluding hydrogens is 264 g/mol. The van der Waals surface area contributed by atoms with E-state index < -0.39 is 5.41 Å². The summed E-state index contributed by atoms with van der Waals surface area (Å²) in [5.41, 5.74) is 0.175. The molecule has 0 aromatic heterocycles. The van der Waals surface area contributed by atoms with Crippen LogP contribution in [0.1, 0.15) is 44.1 Å². The molecule has 0 bridgehead atoms. The summed E-state index contributed by atoms with van der Waals surface area (Å²) in [4.78, 5) is 12.4. The number of carbonyl (C=O) groups is 1. The zero-order valence-corrected chi connectivity index (χ0v) is 12.5. The summed E-state index contributed by atoms with van der Waals surface area (Å²) in [6, 6.07) is 9.86. The predicted molar refractivity (Wildman–Crippen MR) is 80.6 cm³/mol. The molecule has 1 saturated carbocycles. The molecule has 1 aromatic carbocycles. The molecule has 4 nitrogen and oxygen atoms in total. The lowest BCUT2D eigenvalue weighted by molar-refractivity contribution is -0.129. The molecule has 0 spiro atoms. The van der Waals surface area contributed by atoms with E-state index in [4.69, 9.17) is 4.74 Å². The summed E-state index contributed by atoms with van der Waals surface area (Å²) in [5, 5.41) is 12.4. The van der Waals surface area contributed by atoms with E-state index in [1.54, 1.807) is 7.11 Å². The number of hydrogen-bond acceptors (Lipinski definition) is 3. The number of benzene rings is 1. The molecule has 1 aromatic rings. The number of rotatable bonds is 4. The van der Waals surface area contributed by atoms with Crippen LogP contribution >= 0.6 is 0 Å². The molecular formula is C17H22N2O2. The topological polar surface area (TPSA) is 62.1 Å². The fraction of sp³-hybridized carbons (Fsp3) is 0.529. The quantitative estimate of drug-likeness (QED) is 0.865. The van der Waals surface area contributed by atoms with Gasteiger partial charge in [-0.25, -0.2) is 0 Å². The van der Waals surface area contributed by atoms with Crippen molar-refractivity contribution in [2.75, 3.05) is 7.11 Å². The van der Waals surface area contributed by atoms with E-state index in [0.29, 0.717) is 19.4 Å². The molecule has 112 valence electrons. The summed E-state index contributed by atoms with van der Waals surface area (Å²) in [6.45, 7) is 0.451. The average molecular weight is 286 g/mol. The van der Waals surface area contributed by atoms with Crippen LogP contribution in [-0.2, 0) is 11.3 Å². The Labute approximate surface area is 126 Å². The van der Waals surface area contributed by atoms with E-state index >= 15 is 0 Å². The maximum absolute atomic E-state index is 12.4. The van der Waals surface area contributed by atoms with E-state index in [-0.39, 0.29) is 5.91 Å². The Kier molecular flexibility index (Phi) is 5.21. The van der Waals surface area contributed by atoms with Crippen molar-refractivity contribution in [3.8, 4) is 11.8 Å². The van der Waals surface area contributed by atoms with Crippen molar-refractivity contribution in [2.24, 2.45) is 5.41 Å². The van der Waals surface area contributed by atoms with Crippen molar-refractivity contribution in [1.29, 1.82) is 5.26 Å². The van der Waals surface area contributed by atoms with E-state index in [9.17, 15) is 10.1 Å². The zero-order chi connectivity index (χ0) is 15.1. The van der Waals surface area contributed by atoms with Gasteiger partial charge in [-0.1, -0.05) is 37.8 Å². The third-order valence-electron chi connectivity index (χ3n) is 4.22. The van der Waals surface area contributed by atoms with Gasteiger partial charge in [0.05, 0.1) is 13.2 Å².